The monoisotopic (exact) mass is 442 g/mol. The molecule has 0 spiro atoms. The van der Waals surface area contributed by atoms with E-state index in [-0.39, 0.29) is 18.2 Å². The van der Waals surface area contributed by atoms with Crippen LogP contribution in [0.4, 0.5) is 5.69 Å². The molecule has 1 fully saturated rings. The van der Waals surface area contributed by atoms with Gasteiger partial charge in [0.25, 0.3) is 0 Å². The number of carbonyl (C=O) groups is 2. The van der Waals surface area contributed by atoms with Gasteiger partial charge in [-0.05, 0) is 78.1 Å². The average molecular weight is 443 g/mol. The van der Waals surface area contributed by atoms with E-state index in [2.05, 4.69) is 34.6 Å². The van der Waals surface area contributed by atoms with Crippen molar-refractivity contribution < 1.29 is 14.7 Å². The maximum absolute atomic E-state index is 13.6. The fourth-order valence-corrected chi connectivity index (χ4v) is 4.90. The number of hydrogen-bond acceptors (Lipinski definition) is 3. The third-order valence-electron chi connectivity index (χ3n) is 6.75. The smallest absolute Gasteiger partial charge is 0.303 e. The summed E-state index contributed by atoms with van der Waals surface area (Å²) in [4.78, 5) is 28.6. The zero-order valence-electron chi connectivity index (χ0n) is 19.0. The lowest BCUT2D eigenvalue weighted by molar-refractivity contribution is -0.137. The van der Waals surface area contributed by atoms with Crippen molar-refractivity contribution in [1.82, 2.24) is 4.98 Å². The predicted octanol–water partition coefficient (Wildman–Crippen LogP) is 5.99. The molecule has 0 aliphatic heterocycles. The van der Waals surface area contributed by atoms with Crippen LogP contribution < -0.4 is 5.32 Å². The number of carbonyl (C=O) groups excluding carboxylic acids is 1. The number of aromatic nitrogens is 1. The summed E-state index contributed by atoms with van der Waals surface area (Å²) in [5.74, 6) is -0.689. The Hall–Kier alpha value is -3.47. The number of rotatable bonds is 8. The number of benzene rings is 2. The zero-order valence-corrected chi connectivity index (χ0v) is 19.0. The van der Waals surface area contributed by atoms with Crippen molar-refractivity contribution in [3.05, 3.63) is 83.7 Å². The number of aryl methyl sites for hydroxylation is 1. The third kappa shape index (κ3) is 5.48. The molecule has 2 N–H and O–H groups in total. The molecular weight excluding hydrogens is 412 g/mol. The minimum atomic E-state index is -0.819. The van der Waals surface area contributed by atoms with E-state index in [0.717, 1.165) is 59.2 Å². The summed E-state index contributed by atoms with van der Waals surface area (Å²) in [6, 6.07) is 18.0. The number of amides is 1. The second-order valence-electron chi connectivity index (χ2n) is 8.85. The Bertz CT molecular complexity index is 1100. The predicted molar refractivity (Wildman–Crippen MR) is 130 cm³/mol. The number of carboxylic acid groups (broad SMARTS) is 1. The number of nitrogens with zero attached hydrogens (tertiary/aromatic N) is 1. The van der Waals surface area contributed by atoms with E-state index in [1.807, 2.05) is 37.3 Å². The fraction of sp³-hybridized carbons (Fsp3) is 0.321. The van der Waals surface area contributed by atoms with Crippen LogP contribution in [0.25, 0.3) is 11.1 Å². The van der Waals surface area contributed by atoms with Crippen LogP contribution in [0.15, 0.2) is 67.0 Å². The van der Waals surface area contributed by atoms with E-state index in [4.69, 9.17) is 5.11 Å². The van der Waals surface area contributed by atoms with E-state index in [9.17, 15) is 9.59 Å². The molecule has 2 aromatic carbocycles. The van der Waals surface area contributed by atoms with Crippen LogP contribution in [0.5, 0.6) is 0 Å². The molecular formula is C28H30N2O3. The van der Waals surface area contributed by atoms with Crippen LogP contribution >= 0.6 is 0 Å². The standard InChI is InChI=1S/C28H30N2O3/c1-19-20(13-14-26(31)32)7-4-8-25(19)30-28(33)27(23-5-2-3-6-23)24-11-9-21(10-12-24)22-15-17-29-18-16-22/h4,7-12,15-18,23,27H,2-3,5-6,13-14H2,1H3,(H,30,33)(H,31,32). The molecule has 1 aliphatic carbocycles. The first-order chi connectivity index (χ1) is 16.0. The van der Waals surface area contributed by atoms with Gasteiger partial charge in [0.05, 0.1) is 5.92 Å². The topological polar surface area (TPSA) is 79.3 Å². The minimum Gasteiger partial charge on any atom is -0.481 e. The van der Waals surface area contributed by atoms with Gasteiger partial charge in [0.1, 0.15) is 0 Å². The molecule has 1 saturated carbocycles. The average Bonchev–Trinajstić information content (AvgIpc) is 3.35. The second-order valence-corrected chi connectivity index (χ2v) is 8.85. The molecule has 1 unspecified atom stereocenters. The summed E-state index contributed by atoms with van der Waals surface area (Å²) in [5, 5.41) is 12.2. The van der Waals surface area contributed by atoms with Gasteiger partial charge in [-0.2, -0.15) is 0 Å². The highest BCUT2D eigenvalue weighted by molar-refractivity contribution is 5.97. The van der Waals surface area contributed by atoms with E-state index < -0.39 is 5.97 Å². The van der Waals surface area contributed by atoms with Crippen molar-refractivity contribution in [3.8, 4) is 11.1 Å². The highest BCUT2D eigenvalue weighted by Crippen LogP contribution is 2.39. The maximum Gasteiger partial charge on any atom is 0.303 e. The van der Waals surface area contributed by atoms with Gasteiger partial charge in [0, 0.05) is 24.5 Å². The molecule has 1 aliphatic rings. The van der Waals surface area contributed by atoms with Crippen molar-refractivity contribution in [2.24, 2.45) is 5.92 Å². The van der Waals surface area contributed by atoms with Gasteiger partial charge in [-0.3, -0.25) is 14.6 Å². The second kappa shape index (κ2) is 10.4. The Kier molecular flexibility index (Phi) is 7.18. The first-order valence-electron chi connectivity index (χ1n) is 11.6. The molecule has 0 bridgehead atoms. The molecule has 1 heterocycles. The van der Waals surface area contributed by atoms with Gasteiger partial charge >= 0.3 is 5.97 Å². The fourth-order valence-electron chi connectivity index (χ4n) is 4.90. The van der Waals surface area contributed by atoms with Crippen LogP contribution in [0.3, 0.4) is 0 Å². The van der Waals surface area contributed by atoms with Crippen LogP contribution in [0.1, 0.15) is 54.7 Å². The molecule has 4 rings (SSSR count). The Morgan fingerprint density at radius 3 is 2.33 bits per heavy atom. The number of aliphatic carboxylic acids is 1. The first kappa shape index (κ1) is 22.7. The quantitative estimate of drug-likeness (QED) is 0.449. The summed E-state index contributed by atoms with van der Waals surface area (Å²) >= 11 is 0. The molecule has 0 radical (unpaired) electrons. The van der Waals surface area contributed by atoms with E-state index >= 15 is 0 Å². The van der Waals surface area contributed by atoms with E-state index in [0.29, 0.717) is 12.3 Å². The lowest BCUT2D eigenvalue weighted by Crippen LogP contribution is -2.27. The Balaban J connectivity index is 1.57. The van der Waals surface area contributed by atoms with Crippen LogP contribution in [0, 0.1) is 12.8 Å². The van der Waals surface area contributed by atoms with Crippen LogP contribution in [-0.4, -0.2) is 22.0 Å². The van der Waals surface area contributed by atoms with Crippen molar-refractivity contribution in [2.45, 2.75) is 51.4 Å². The van der Waals surface area contributed by atoms with Crippen molar-refractivity contribution in [3.63, 3.8) is 0 Å². The highest BCUT2D eigenvalue weighted by atomic mass is 16.4. The van der Waals surface area contributed by atoms with Crippen molar-refractivity contribution in [1.29, 1.82) is 0 Å². The molecule has 5 heteroatoms. The van der Waals surface area contributed by atoms with E-state index in [1.165, 1.54) is 0 Å². The summed E-state index contributed by atoms with van der Waals surface area (Å²) in [7, 11) is 0. The number of anilines is 1. The summed E-state index contributed by atoms with van der Waals surface area (Å²) in [6.45, 7) is 1.95. The van der Waals surface area contributed by atoms with Gasteiger partial charge in [-0.1, -0.05) is 49.2 Å². The molecule has 1 amide bonds. The van der Waals surface area contributed by atoms with Crippen molar-refractivity contribution in [2.75, 3.05) is 5.32 Å². The number of nitrogens with one attached hydrogen (secondary N) is 1. The molecule has 3 aromatic rings. The number of hydrogen-bond donors (Lipinski definition) is 2. The van der Waals surface area contributed by atoms with Gasteiger partial charge < -0.3 is 10.4 Å². The molecule has 33 heavy (non-hydrogen) atoms. The normalized spacial score (nSPS) is 14.7. The molecule has 5 nitrogen and oxygen atoms in total. The SMILES string of the molecule is Cc1c(CCC(=O)O)cccc1NC(=O)C(c1ccc(-c2ccncc2)cc1)C1CCCC1. The van der Waals surface area contributed by atoms with E-state index in [1.54, 1.807) is 12.4 Å². The maximum atomic E-state index is 13.6. The molecule has 170 valence electrons. The van der Waals surface area contributed by atoms with Gasteiger partial charge in [0.2, 0.25) is 5.91 Å². The van der Waals surface area contributed by atoms with Crippen LogP contribution in [0.2, 0.25) is 0 Å². The van der Waals surface area contributed by atoms with Crippen molar-refractivity contribution >= 4 is 17.6 Å². The Morgan fingerprint density at radius 2 is 1.67 bits per heavy atom. The molecule has 0 saturated heterocycles. The largest absolute Gasteiger partial charge is 0.481 e. The Morgan fingerprint density at radius 1 is 1.00 bits per heavy atom. The third-order valence-corrected chi connectivity index (χ3v) is 6.75. The number of carboxylic acids is 1. The number of pyridine rings is 1. The lowest BCUT2D eigenvalue weighted by atomic mass is 9.83. The van der Waals surface area contributed by atoms with Gasteiger partial charge in [-0.25, -0.2) is 0 Å². The molecule has 1 atom stereocenters. The zero-order chi connectivity index (χ0) is 23.2. The summed E-state index contributed by atoms with van der Waals surface area (Å²) in [6.07, 6.45) is 8.53. The molecule has 1 aromatic heterocycles. The van der Waals surface area contributed by atoms with Gasteiger partial charge in [-0.15, -0.1) is 0 Å². The summed E-state index contributed by atoms with van der Waals surface area (Å²) in [5.41, 5.74) is 5.90. The first-order valence-corrected chi connectivity index (χ1v) is 11.6. The highest BCUT2D eigenvalue weighted by Gasteiger charge is 2.32. The minimum absolute atomic E-state index is 0.0112. The lowest BCUT2D eigenvalue weighted by Gasteiger charge is -2.24. The van der Waals surface area contributed by atoms with Crippen LogP contribution in [-0.2, 0) is 16.0 Å². The Labute approximate surface area is 194 Å². The van der Waals surface area contributed by atoms with Gasteiger partial charge in [0.15, 0.2) is 0 Å². The summed E-state index contributed by atoms with van der Waals surface area (Å²) < 4.78 is 0.